The van der Waals surface area contributed by atoms with Crippen LogP contribution < -0.4 is 0 Å². The van der Waals surface area contributed by atoms with Crippen molar-refractivity contribution in [2.24, 2.45) is 28.6 Å². The molecule has 4 aliphatic carbocycles. The quantitative estimate of drug-likeness (QED) is 0.307. The van der Waals surface area contributed by atoms with E-state index in [1.165, 1.54) is 19.9 Å². The molecule has 10 atom stereocenters. The lowest BCUT2D eigenvalue weighted by Crippen LogP contribution is -2.76. The third-order valence-corrected chi connectivity index (χ3v) is 10.7. The highest BCUT2D eigenvalue weighted by molar-refractivity contribution is 5.85. The summed E-state index contributed by atoms with van der Waals surface area (Å²) in [6.45, 7) is 4.11. The zero-order chi connectivity index (χ0) is 27.0. The van der Waals surface area contributed by atoms with Crippen molar-refractivity contribution in [3.05, 3.63) is 11.6 Å². The van der Waals surface area contributed by atoms with Crippen molar-refractivity contribution in [1.82, 2.24) is 0 Å². The normalized spacial score (nSPS) is 48.7. The molecule has 4 fully saturated rings. The van der Waals surface area contributed by atoms with Crippen molar-refractivity contribution < 1.29 is 49.0 Å². The molecule has 206 valence electrons. The van der Waals surface area contributed by atoms with E-state index in [4.69, 9.17) is 14.2 Å². The first-order valence-corrected chi connectivity index (χ1v) is 13.3. The van der Waals surface area contributed by atoms with Gasteiger partial charge in [0.1, 0.15) is 18.8 Å². The maximum atomic E-state index is 12.4. The van der Waals surface area contributed by atoms with Gasteiger partial charge in [0, 0.05) is 44.1 Å². The summed E-state index contributed by atoms with van der Waals surface area (Å²) < 4.78 is 16.4. The Morgan fingerprint density at radius 2 is 1.81 bits per heavy atom. The van der Waals surface area contributed by atoms with Crippen molar-refractivity contribution in [3.8, 4) is 0 Å². The van der Waals surface area contributed by atoms with E-state index in [-0.39, 0.29) is 38.2 Å². The molecule has 10 nitrogen and oxygen atoms in total. The fourth-order valence-corrected chi connectivity index (χ4v) is 9.28. The van der Waals surface area contributed by atoms with Crippen molar-refractivity contribution in [3.63, 3.8) is 0 Å². The van der Waals surface area contributed by atoms with Crippen molar-refractivity contribution >= 4 is 17.9 Å². The van der Waals surface area contributed by atoms with Crippen LogP contribution in [-0.4, -0.2) is 81.1 Å². The Kier molecular flexibility index (Phi) is 6.29. The van der Waals surface area contributed by atoms with E-state index in [2.05, 4.69) is 0 Å². The highest BCUT2D eigenvalue weighted by Crippen LogP contribution is 2.71. The van der Waals surface area contributed by atoms with Gasteiger partial charge in [-0.3, -0.25) is 9.59 Å². The van der Waals surface area contributed by atoms with Crippen LogP contribution >= 0.6 is 0 Å². The van der Waals surface area contributed by atoms with E-state index in [0.717, 1.165) is 5.57 Å². The van der Waals surface area contributed by atoms with E-state index in [0.29, 0.717) is 19.3 Å². The monoisotopic (exact) mass is 522 g/mol. The van der Waals surface area contributed by atoms with Gasteiger partial charge in [0.2, 0.25) is 0 Å². The minimum atomic E-state index is -1.60. The second-order valence-electron chi connectivity index (χ2n) is 12.2. The Hall–Kier alpha value is -2.01. The first kappa shape index (κ1) is 26.6. The number of hydrogen-bond donors (Lipinski definition) is 4. The Morgan fingerprint density at radius 1 is 1.11 bits per heavy atom. The number of hydrogen-bond acceptors (Lipinski definition) is 10. The Balaban J connectivity index is 1.59. The topological polar surface area (TPSA) is 160 Å². The van der Waals surface area contributed by atoms with E-state index in [9.17, 15) is 34.8 Å². The molecule has 0 aromatic rings. The zero-order valence-corrected chi connectivity index (χ0v) is 21.6. The molecule has 37 heavy (non-hydrogen) atoms. The number of rotatable bonds is 4. The SMILES string of the molecule is CC(=O)O[C@@H]1C[C@H](O)[C@]2(CO)[C@H]3[C@@H](OC(C)=O)C[C@]4(C)[C@@H](C5=CC(=O)OC5)CC[C@@]4(O)[C@@H]3CC[C@]2(O)C1. The lowest BCUT2D eigenvalue weighted by Gasteiger charge is -2.68. The molecule has 5 rings (SSSR count). The number of aliphatic hydroxyl groups is 4. The standard InChI is InChI=1S/C27H38O10/c1-14(29)36-17-9-21(31)26(13-28)23-19(4-6-25(26,33)10-17)27(34)7-5-18(16-8-22(32)35-12-16)24(27,3)11-20(23)37-15(2)30/h8,17-21,23,28,31,33-34H,4-7,9-13H2,1-3H3/t17-,18-,19-,20+,21+,23-,24-,25+,26-,27-/m1/s1. The van der Waals surface area contributed by atoms with Gasteiger partial charge in [-0.1, -0.05) is 6.92 Å². The average molecular weight is 523 g/mol. The number of carbonyl (C=O) groups excluding carboxylic acids is 3. The number of fused-ring (bicyclic) bond motifs is 5. The summed E-state index contributed by atoms with van der Waals surface area (Å²) >= 11 is 0. The van der Waals surface area contributed by atoms with Gasteiger partial charge in [-0.2, -0.15) is 0 Å². The number of aliphatic hydroxyl groups excluding tert-OH is 2. The second-order valence-corrected chi connectivity index (χ2v) is 12.2. The Bertz CT molecular complexity index is 1020. The minimum absolute atomic E-state index is 0.0170. The van der Waals surface area contributed by atoms with Crippen molar-refractivity contribution in [2.45, 2.75) is 95.2 Å². The van der Waals surface area contributed by atoms with E-state index in [1.807, 2.05) is 6.92 Å². The fraction of sp³-hybridized carbons (Fsp3) is 0.815. The number of esters is 3. The van der Waals surface area contributed by atoms with Crippen molar-refractivity contribution in [2.75, 3.05) is 13.2 Å². The molecular weight excluding hydrogens is 484 g/mol. The highest BCUT2D eigenvalue weighted by Gasteiger charge is 2.76. The molecule has 4 saturated carbocycles. The van der Waals surface area contributed by atoms with Gasteiger partial charge >= 0.3 is 17.9 Å². The molecule has 10 heteroatoms. The third kappa shape index (κ3) is 3.62. The predicted octanol–water partition coefficient (Wildman–Crippen LogP) is 0.775. The van der Waals surface area contributed by atoms with Gasteiger partial charge in [0.15, 0.2) is 0 Å². The summed E-state index contributed by atoms with van der Waals surface area (Å²) in [6, 6.07) is 0. The molecule has 0 unspecified atom stereocenters. The van der Waals surface area contributed by atoms with Crippen LogP contribution in [0.25, 0.3) is 0 Å². The van der Waals surface area contributed by atoms with Gasteiger partial charge in [0.25, 0.3) is 0 Å². The number of carbonyl (C=O) groups is 3. The zero-order valence-electron chi connectivity index (χ0n) is 21.6. The number of ether oxygens (including phenoxy) is 3. The van der Waals surface area contributed by atoms with Crippen LogP contribution in [0.5, 0.6) is 0 Å². The van der Waals surface area contributed by atoms with Crippen LogP contribution in [0.3, 0.4) is 0 Å². The molecule has 0 saturated heterocycles. The van der Waals surface area contributed by atoms with Crippen LogP contribution in [-0.2, 0) is 28.6 Å². The maximum Gasteiger partial charge on any atom is 0.331 e. The fourth-order valence-electron chi connectivity index (χ4n) is 9.28. The third-order valence-electron chi connectivity index (χ3n) is 10.7. The summed E-state index contributed by atoms with van der Waals surface area (Å²) in [7, 11) is 0. The molecule has 0 spiro atoms. The molecule has 0 bridgehead atoms. The first-order valence-electron chi connectivity index (χ1n) is 13.3. The first-order chi connectivity index (χ1) is 17.3. The van der Waals surface area contributed by atoms with Crippen LogP contribution in [0, 0.1) is 28.6 Å². The van der Waals surface area contributed by atoms with E-state index in [1.54, 1.807) is 0 Å². The largest absolute Gasteiger partial charge is 0.462 e. The predicted molar refractivity (Wildman–Crippen MR) is 126 cm³/mol. The van der Waals surface area contributed by atoms with Gasteiger partial charge in [-0.05, 0) is 49.5 Å². The summed E-state index contributed by atoms with van der Waals surface area (Å²) in [4.78, 5) is 35.8. The molecule has 1 heterocycles. The molecular formula is C27H38O10. The smallest absolute Gasteiger partial charge is 0.331 e. The molecule has 0 radical (unpaired) electrons. The average Bonchev–Trinajstić information content (AvgIpc) is 3.32. The molecule has 4 N–H and O–H groups in total. The number of cyclic esters (lactones) is 1. The van der Waals surface area contributed by atoms with Crippen LogP contribution in [0.15, 0.2) is 11.6 Å². The molecule has 5 aliphatic rings. The highest BCUT2D eigenvalue weighted by atomic mass is 16.6. The molecule has 0 aromatic heterocycles. The van der Waals surface area contributed by atoms with Crippen molar-refractivity contribution in [1.29, 1.82) is 0 Å². The van der Waals surface area contributed by atoms with Gasteiger partial charge < -0.3 is 34.6 Å². The summed E-state index contributed by atoms with van der Waals surface area (Å²) in [5.41, 5.74) is -4.29. The summed E-state index contributed by atoms with van der Waals surface area (Å²) in [5.74, 6) is -2.86. The van der Waals surface area contributed by atoms with Gasteiger partial charge in [0.05, 0.1) is 29.3 Å². The molecule has 1 aliphatic heterocycles. The Labute approximate surface area is 216 Å². The van der Waals surface area contributed by atoms with E-state index < -0.39 is 76.7 Å². The van der Waals surface area contributed by atoms with Gasteiger partial charge in [-0.25, -0.2) is 4.79 Å². The Morgan fingerprint density at radius 3 is 2.41 bits per heavy atom. The summed E-state index contributed by atoms with van der Waals surface area (Å²) in [6.07, 6.45) is 0.567. The maximum absolute atomic E-state index is 12.4. The van der Waals surface area contributed by atoms with Gasteiger partial charge in [-0.15, -0.1) is 0 Å². The molecule has 0 aromatic carbocycles. The van der Waals surface area contributed by atoms with Crippen LogP contribution in [0.4, 0.5) is 0 Å². The van der Waals surface area contributed by atoms with Crippen LogP contribution in [0.1, 0.15) is 65.7 Å². The van der Waals surface area contributed by atoms with E-state index >= 15 is 0 Å². The minimum Gasteiger partial charge on any atom is -0.462 e. The second kappa shape index (κ2) is 8.76. The molecule has 0 amide bonds. The van der Waals surface area contributed by atoms with Crippen LogP contribution in [0.2, 0.25) is 0 Å². The lowest BCUT2D eigenvalue weighted by atomic mass is 9.40. The summed E-state index contributed by atoms with van der Waals surface area (Å²) in [5, 5.41) is 46.9. The lowest BCUT2D eigenvalue weighted by molar-refractivity contribution is -0.318.